The van der Waals surface area contributed by atoms with Gasteiger partial charge in [-0.15, -0.1) is 5.10 Å². The molecule has 2 fully saturated rings. The summed E-state index contributed by atoms with van der Waals surface area (Å²) < 4.78 is 13.9. The summed E-state index contributed by atoms with van der Waals surface area (Å²) in [7, 11) is 0. The summed E-state index contributed by atoms with van der Waals surface area (Å²) in [5.41, 5.74) is 0.678. The first kappa shape index (κ1) is 16.0. The van der Waals surface area contributed by atoms with E-state index in [9.17, 15) is 9.18 Å². The van der Waals surface area contributed by atoms with Crippen molar-refractivity contribution in [2.75, 3.05) is 31.1 Å². The van der Waals surface area contributed by atoms with Gasteiger partial charge in [0.2, 0.25) is 5.91 Å². The molecule has 4 rings (SSSR count). The second kappa shape index (κ2) is 6.78. The molecular weight excluding hydrogens is 319 g/mol. The van der Waals surface area contributed by atoms with Crippen molar-refractivity contribution in [3.63, 3.8) is 0 Å². The third-order valence-corrected chi connectivity index (χ3v) is 5.10. The van der Waals surface area contributed by atoms with Gasteiger partial charge in [-0.25, -0.2) is 4.39 Å². The zero-order valence-corrected chi connectivity index (χ0v) is 14.0. The normalized spacial score (nSPS) is 23.2. The Morgan fingerprint density at radius 3 is 2.76 bits per heavy atom. The minimum atomic E-state index is -0.201. The molecule has 5 nitrogen and oxygen atoms in total. The van der Waals surface area contributed by atoms with Gasteiger partial charge in [0.05, 0.1) is 0 Å². The van der Waals surface area contributed by atoms with Crippen LogP contribution in [-0.2, 0) is 4.79 Å². The van der Waals surface area contributed by atoms with E-state index in [2.05, 4.69) is 15.1 Å². The Hall–Kier alpha value is -2.50. The molecule has 130 valence electrons. The minimum Gasteiger partial charge on any atom is -0.353 e. The molecule has 2 aliphatic rings. The van der Waals surface area contributed by atoms with E-state index < -0.39 is 0 Å². The maximum Gasteiger partial charge on any atom is 0.226 e. The molecule has 0 spiro atoms. The smallest absolute Gasteiger partial charge is 0.226 e. The van der Waals surface area contributed by atoms with Crippen LogP contribution in [0.2, 0.25) is 0 Å². The third-order valence-electron chi connectivity index (χ3n) is 5.10. The fourth-order valence-corrected chi connectivity index (χ4v) is 3.65. The van der Waals surface area contributed by atoms with E-state index in [1.165, 1.54) is 6.07 Å². The Kier molecular flexibility index (Phi) is 4.34. The molecule has 1 aliphatic carbocycles. The first-order valence-corrected chi connectivity index (χ1v) is 8.80. The van der Waals surface area contributed by atoms with Crippen LogP contribution in [0.5, 0.6) is 0 Å². The van der Waals surface area contributed by atoms with Gasteiger partial charge in [-0.05, 0) is 42.5 Å². The molecule has 1 aromatic carbocycles. The fourth-order valence-electron chi connectivity index (χ4n) is 3.65. The van der Waals surface area contributed by atoms with Crippen molar-refractivity contribution in [2.45, 2.75) is 18.8 Å². The Morgan fingerprint density at radius 2 is 1.96 bits per heavy atom. The van der Waals surface area contributed by atoms with Crippen molar-refractivity contribution in [2.24, 2.45) is 5.92 Å². The fraction of sp³-hybridized carbons (Fsp3) is 0.421. The number of benzene rings is 1. The molecule has 6 heteroatoms. The first-order chi connectivity index (χ1) is 12.2. The molecule has 1 aliphatic heterocycles. The maximum absolute atomic E-state index is 13.9. The summed E-state index contributed by atoms with van der Waals surface area (Å²) in [6.07, 6.45) is 3.32. The molecule has 1 saturated carbocycles. The number of hydrogen-bond donors (Lipinski definition) is 0. The van der Waals surface area contributed by atoms with Crippen LogP contribution in [-0.4, -0.2) is 47.2 Å². The van der Waals surface area contributed by atoms with E-state index in [1.807, 2.05) is 23.1 Å². The molecule has 1 amide bonds. The maximum atomic E-state index is 13.9. The van der Waals surface area contributed by atoms with Gasteiger partial charge >= 0.3 is 0 Å². The average Bonchev–Trinajstić information content (AvgIpc) is 3.46. The molecule has 1 aromatic heterocycles. The number of rotatable bonds is 3. The standard InChI is InChI=1S/C19H21FN4O/c20-17-6-2-1-5-14(17)15-13-16(15)19(25)24-10-4-9-23(11-12-24)18-7-3-8-21-22-18/h1-3,5-8,15-16H,4,9-13H2. The zero-order chi connectivity index (χ0) is 17.2. The Labute approximate surface area is 146 Å². The summed E-state index contributed by atoms with van der Waals surface area (Å²) in [4.78, 5) is 16.9. The number of carbonyl (C=O) groups excluding carboxylic acids is 1. The van der Waals surface area contributed by atoms with Crippen molar-refractivity contribution in [1.29, 1.82) is 0 Å². The topological polar surface area (TPSA) is 49.3 Å². The van der Waals surface area contributed by atoms with Crippen molar-refractivity contribution < 1.29 is 9.18 Å². The van der Waals surface area contributed by atoms with Gasteiger partial charge in [0, 0.05) is 38.3 Å². The number of hydrogen-bond acceptors (Lipinski definition) is 4. The predicted octanol–water partition coefficient (Wildman–Crippen LogP) is 2.46. The van der Waals surface area contributed by atoms with Crippen LogP contribution in [0.3, 0.4) is 0 Å². The summed E-state index contributed by atoms with van der Waals surface area (Å²) in [5.74, 6) is 0.780. The van der Waals surface area contributed by atoms with E-state index >= 15 is 0 Å². The molecule has 2 atom stereocenters. The highest BCUT2D eigenvalue weighted by molar-refractivity contribution is 5.83. The van der Waals surface area contributed by atoms with Crippen LogP contribution in [0.15, 0.2) is 42.6 Å². The van der Waals surface area contributed by atoms with Crippen LogP contribution in [0.1, 0.15) is 24.3 Å². The third kappa shape index (κ3) is 3.34. The zero-order valence-electron chi connectivity index (χ0n) is 14.0. The lowest BCUT2D eigenvalue weighted by Crippen LogP contribution is -2.36. The second-order valence-corrected chi connectivity index (χ2v) is 6.72. The van der Waals surface area contributed by atoms with Crippen LogP contribution in [0, 0.1) is 11.7 Å². The molecule has 2 aromatic rings. The van der Waals surface area contributed by atoms with E-state index in [1.54, 1.807) is 18.3 Å². The molecule has 2 unspecified atom stereocenters. The lowest BCUT2D eigenvalue weighted by molar-refractivity contribution is -0.132. The largest absolute Gasteiger partial charge is 0.353 e. The summed E-state index contributed by atoms with van der Waals surface area (Å²) in [5, 5.41) is 8.08. The molecule has 0 N–H and O–H groups in total. The van der Waals surface area contributed by atoms with Gasteiger partial charge < -0.3 is 9.80 Å². The van der Waals surface area contributed by atoms with E-state index in [4.69, 9.17) is 0 Å². The number of halogens is 1. The number of anilines is 1. The molecular formula is C19H21FN4O. The Balaban J connectivity index is 1.38. The predicted molar refractivity (Wildman–Crippen MR) is 92.7 cm³/mol. The lowest BCUT2D eigenvalue weighted by atomic mass is 10.1. The number of aromatic nitrogens is 2. The second-order valence-electron chi connectivity index (χ2n) is 6.72. The van der Waals surface area contributed by atoms with E-state index in [0.29, 0.717) is 12.1 Å². The van der Waals surface area contributed by atoms with Gasteiger partial charge in [-0.2, -0.15) is 5.10 Å². The SMILES string of the molecule is O=C(C1CC1c1ccccc1F)N1CCCN(c2cccnn2)CC1. The highest BCUT2D eigenvalue weighted by atomic mass is 19.1. The van der Waals surface area contributed by atoms with Crippen molar-refractivity contribution in [3.8, 4) is 0 Å². The van der Waals surface area contributed by atoms with E-state index in [-0.39, 0.29) is 23.6 Å². The highest BCUT2D eigenvalue weighted by Crippen LogP contribution is 2.49. The van der Waals surface area contributed by atoms with Crippen LogP contribution in [0.25, 0.3) is 0 Å². The summed E-state index contributed by atoms with van der Waals surface area (Å²) in [6.45, 7) is 3.04. The number of carbonyl (C=O) groups is 1. The summed E-state index contributed by atoms with van der Waals surface area (Å²) >= 11 is 0. The number of nitrogens with zero attached hydrogens (tertiary/aromatic N) is 4. The number of amides is 1. The highest BCUT2D eigenvalue weighted by Gasteiger charge is 2.46. The van der Waals surface area contributed by atoms with Gasteiger partial charge in [0.15, 0.2) is 5.82 Å². The lowest BCUT2D eigenvalue weighted by Gasteiger charge is -2.22. The summed E-state index contributed by atoms with van der Waals surface area (Å²) in [6, 6.07) is 10.6. The van der Waals surface area contributed by atoms with Crippen molar-refractivity contribution in [3.05, 3.63) is 54.0 Å². The average molecular weight is 340 g/mol. The molecule has 25 heavy (non-hydrogen) atoms. The van der Waals surface area contributed by atoms with Crippen molar-refractivity contribution >= 4 is 11.7 Å². The Morgan fingerprint density at radius 1 is 1.08 bits per heavy atom. The van der Waals surface area contributed by atoms with Gasteiger partial charge in [0.1, 0.15) is 5.82 Å². The van der Waals surface area contributed by atoms with Crippen LogP contribution in [0.4, 0.5) is 10.2 Å². The van der Waals surface area contributed by atoms with Crippen LogP contribution >= 0.6 is 0 Å². The van der Waals surface area contributed by atoms with Crippen LogP contribution < -0.4 is 4.90 Å². The molecule has 2 heterocycles. The van der Waals surface area contributed by atoms with Gasteiger partial charge in [0.25, 0.3) is 0 Å². The minimum absolute atomic E-state index is 0.0352. The monoisotopic (exact) mass is 340 g/mol. The molecule has 1 saturated heterocycles. The quantitative estimate of drug-likeness (QED) is 0.861. The molecule has 0 bridgehead atoms. The first-order valence-electron chi connectivity index (χ1n) is 8.80. The molecule has 0 radical (unpaired) electrons. The van der Waals surface area contributed by atoms with E-state index in [0.717, 1.165) is 38.3 Å². The van der Waals surface area contributed by atoms with Gasteiger partial charge in [-0.1, -0.05) is 18.2 Å². The van der Waals surface area contributed by atoms with Crippen molar-refractivity contribution in [1.82, 2.24) is 15.1 Å². The Bertz CT molecular complexity index is 754. The van der Waals surface area contributed by atoms with Gasteiger partial charge in [-0.3, -0.25) is 4.79 Å².